The fraction of sp³-hybridized carbons (Fsp3) is 0.533. The zero-order chi connectivity index (χ0) is 13.7. The van der Waals surface area contributed by atoms with Gasteiger partial charge in [0.1, 0.15) is 0 Å². The van der Waals surface area contributed by atoms with Crippen LogP contribution in [0.2, 0.25) is 0 Å². The standard InChI is InChI=1S/C15H23N3O/c1-12-9-10-13-6-2-3-7-14(13)18(12)11-5-4-8-15(19)17-16/h2-3,6-7,12H,4-5,8-11,16H2,1H3,(H,17,19). The normalized spacial score (nSPS) is 18.0. The van der Waals surface area contributed by atoms with Gasteiger partial charge in [-0.05, 0) is 44.2 Å². The van der Waals surface area contributed by atoms with Crippen LogP contribution in [0, 0.1) is 0 Å². The molecule has 1 aromatic carbocycles. The third-order valence-electron chi connectivity index (χ3n) is 3.88. The lowest BCUT2D eigenvalue weighted by molar-refractivity contribution is -0.121. The number of unbranched alkanes of at least 4 members (excludes halogenated alkanes) is 1. The zero-order valence-corrected chi connectivity index (χ0v) is 11.6. The van der Waals surface area contributed by atoms with Gasteiger partial charge in [-0.3, -0.25) is 10.2 Å². The van der Waals surface area contributed by atoms with Crippen molar-refractivity contribution in [2.75, 3.05) is 11.4 Å². The van der Waals surface area contributed by atoms with Crippen LogP contribution in [0.3, 0.4) is 0 Å². The summed E-state index contributed by atoms with van der Waals surface area (Å²) in [4.78, 5) is 13.5. The number of fused-ring (bicyclic) bond motifs is 1. The van der Waals surface area contributed by atoms with Crippen LogP contribution < -0.4 is 16.2 Å². The van der Waals surface area contributed by atoms with E-state index in [-0.39, 0.29) is 5.91 Å². The van der Waals surface area contributed by atoms with Gasteiger partial charge >= 0.3 is 0 Å². The van der Waals surface area contributed by atoms with E-state index < -0.39 is 0 Å². The summed E-state index contributed by atoms with van der Waals surface area (Å²) in [6, 6.07) is 9.22. The van der Waals surface area contributed by atoms with Crippen LogP contribution >= 0.6 is 0 Å². The van der Waals surface area contributed by atoms with Crippen LogP contribution in [0.5, 0.6) is 0 Å². The number of aryl methyl sites for hydroxylation is 1. The number of nitrogens with one attached hydrogen (secondary N) is 1. The van der Waals surface area contributed by atoms with Crippen LogP contribution in [0.4, 0.5) is 5.69 Å². The SMILES string of the molecule is CC1CCc2ccccc2N1CCCCC(=O)NN. The quantitative estimate of drug-likeness (QED) is 0.369. The summed E-state index contributed by atoms with van der Waals surface area (Å²) in [7, 11) is 0. The van der Waals surface area contributed by atoms with Crippen LogP contribution in [-0.2, 0) is 11.2 Å². The monoisotopic (exact) mass is 261 g/mol. The first-order valence-electron chi connectivity index (χ1n) is 7.06. The van der Waals surface area contributed by atoms with Crippen molar-refractivity contribution in [1.29, 1.82) is 0 Å². The van der Waals surface area contributed by atoms with E-state index in [0.717, 1.165) is 19.4 Å². The summed E-state index contributed by atoms with van der Waals surface area (Å²) in [5, 5.41) is 0. The van der Waals surface area contributed by atoms with Gasteiger partial charge in [-0.1, -0.05) is 18.2 Å². The number of amides is 1. The van der Waals surface area contributed by atoms with Gasteiger partial charge in [-0.2, -0.15) is 0 Å². The zero-order valence-electron chi connectivity index (χ0n) is 11.6. The third kappa shape index (κ3) is 3.47. The maximum atomic E-state index is 11.1. The molecule has 0 radical (unpaired) electrons. The Morgan fingerprint density at radius 1 is 1.42 bits per heavy atom. The molecule has 3 N–H and O–H groups in total. The number of carbonyl (C=O) groups is 1. The smallest absolute Gasteiger partial charge is 0.233 e. The second-order valence-electron chi connectivity index (χ2n) is 5.23. The number of nitrogens with zero attached hydrogens (tertiary/aromatic N) is 1. The van der Waals surface area contributed by atoms with Crippen molar-refractivity contribution < 1.29 is 4.79 Å². The Kier molecular flexibility index (Phi) is 4.80. The van der Waals surface area contributed by atoms with E-state index >= 15 is 0 Å². The van der Waals surface area contributed by atoms with Crippen molar-refractivity contribution in [3.63, 3.8) is 0 Å². The molecule has 4 nitrogen and oxygen atoms in total. The van der Waals surface area contributed by atoms with Crippen LogP contribution in [0.15, 0.2) is 24.3 Å². The predicted octanol–water partition coefficient (Wildman–Crippen LogP) is 1.99. The summed E-state index contributed by atoms with van der Waals surface area (Å²) in [6.45, 7) is 3.29. The molecule has 0 saturated heterocycles. The number of nitrogens with two attached hydrogens (primary N) is 1. The van der Waals surface area contributed by atoms with Crippen molar-refractivity contribution in [2.45, 2.75) is 45.1 Å². The number of rotatable bonds is 5. The molecule has 1 amide bonds. The van der Waals surface area contributed by atoms with E-state index in [2.05, 4.69) is 41.5 Å². The molecule has 1 aromatic rings. The molecule has 1 aliphatic rings. The highest BCUT2D eigenvalue weighted by Crippen LogP contribution is 2.30. The summed E-state index contributed by atoms with van der Waals surface area (Å²) >= 11 is 0. The molecule has 0 spiro atoms. The number of anilines is 1. The lowest BCUT2D eigenvalue weighted by atomic mass is 9.96. The van der Waals surface area contributed by atoms with Crippen LogP contribution in [0.25, 0.3) is 0 Å². The number of carbonyl (C=O) groups excluding carboxylic acids is 1. The number of para-hydroxylation sites is 1. The van der Waals surface area contributed by atoms with E-state index in [9.17, 15) is 4.79 Å². The van der Waals surface area contributed by atoms with E-state index in [4.69, 9.17) is 5.84 Å². The molecule has 0 fully saturated rings. The molecule has 1 aliphatic heterocycles. The van der Waals surface area contributed by atoms with Gasteiger partial charge in [0.05, 0.1) is 0 Å². The minimum atomic E-state index is -0.0768. The van der Waals surface area contributed by atoms with Gasteiger partial charge in [0.2, 0.25) is 5.91 Å². The van der Waals surface area contributed by atoms with E-state index in [1.54, 1.807) is 0 Å². The first-order chi connectivity index (χ1) is 9.22. The Morgan fingerprint density at radius 2 is 2.21 bits per heavy atom. The first kappa shape index (κ1) is 13.9. The second-order valence-corrected chi connectivity index (χ2v) is 5.23. The number of benzene rings is 1. The molecule has 1 unspecified atom stereocenters. The topological polar surface area (TPSA) is 58.4 Å². The lowest BCUT2D eigenvalue weighted by Gasteiger charge is -2.37. The van der Waals surface area contributed by atoms with E-state index in [0.29, 0.717) is 12.5 Å². The molecular weight excluding hydrogens is 238 g/mol. The maximum Gasteiger partial charge on any atom is 0.233 e. The highest BCUT2D eigenvalue weighted by Gasteiger charge is 2.21. The Bertz CT molecular complexity index is 433. The Labute approximate surface area is 114 Å². The molecular formula is C15H23N3O. The average Bonchev–Trinajstić information content (AvgIpc) is 2.45. The minimum absolute atomic E-state index is 0.0768. The van der Waals surface area contributed by atoms with Gasteiger partial charge in [0.25, 0.3) is 0 Å². The molecule has 0 aromatic heterocycles. The molecule has 104 valence electrons. The van der Waals surface area contributed by atoms with Crippen molar-refractivity contribution >= 4 is 11.6 Å². The number of hydrazine groups is 1. The Morgan fingerprint density at radius 3 is 3.00 bits per heavy atom. The number of hydrogen-bond acceptors (Lipinski definition) is 3. The highest BCUT2D eigenvalue weighted by atomic mass is 16.2. The molecule has 0 bridgehead atoms. The van der Waals surface area contributed by atoms with Gasteiger partial charge in [0, 0.05) is 24.7 Å². The third-order valence-corrected chi connectivity index (χ3v) is 3.88. The van der Waals surface area contributed by atoms with Crippen LogP contribution in [0.1, 0.15) is 38.2 Å². The van der Waals surface area contributed by atoms with Crippen molar-refractivity contribution in [1.82, 2.24) is 5.43 Å². The fourth-order valence-electron chi connectivity index (χ4n) is 2.74. The minimum Gasteiger partial charge on any atom is -0.369 e. The van der Waals surface area contributed by atoms with Gasteiger partial charge in [-0.25, -0.2) is 5.84 Å². The molecule has 2 rings (SSSR count). The average molecular weight is 261 g/mol. The Balaban J connectivity index is 1.90. The number of hydrogen-bond donors (Lipinski definition) is 2. The summed E-state index contributed by atoms with van der Waals surface area (Å²) in [5.41, 5.74) is 4.99. The van der Waals surface area contributed by atoms with E-state index in [1.807, 2.05) is 0 Å². The predicted molar refractivity (Wildman–Crippen MR) is 77.8 cm³/mol. The van der Waals surface area contributed by atoms with Crippen molar-refractivity contribution in [2.24, 2.45) is 5.84 Å². The summed E-state index contributed by atoms with van der Waals surface area (Å²) < 4.78 is 0. The first-order valence-corrected chi connectivity index (χ1v) is 7.06. The molecule has 1 heterocycles. The molecule has 4 heteroatoms. The molecule has 0 aliphatic carbocycles. The summed E-state index contributed by atoms with van der Waals surface area (Å²) in [5.74, 6) is 5.00. The largest absolute Gasteiger partial charge is 0.369 e. The van der Waals surface area contributed by atoms with Crippen molar-refractivity contribution in [3.8, 4) is 0 Å². The molecule has 0 saturated carbocycles. The second kappa shape index (κ2) is 6.57. The van der Waals surface area contributed by atoms with Gasteiger partial charge in [-0.15, -0.1) is 0 Å². The summed E-state index contributed by atoms with van der Waals surface area (Å²) in [6.07, 6.45) is 4.80. The van der Waals surface area contributed by atoms with E-state index in [1.165, 1.54) is 24.1 Å². The van der Waals surface area contributed by atoms with Crippen LogP contribution in [-0.4, -0.2) is 18.5 Å². The highest BCUT2D eigenvalue weighted by molar-refractivity contribution is 5.75. The van der Waals surface area contributed by atoms with Crippen molar-refractivity contribution in [3.05, 3.63) is 29.8 Å². The maximum absolute atomic E-state index is 11.1. The lowest BCUT2D eigenvalue weighted by Crippen LogP contribution is -2.38. The Hall–Kier alpha value is -1.55. The fourth-order valence-corrected chi connectivity index (χ4v) is 2.74. The molecule has 19 heavy (non-hydrogen) atoms. The van der Waals surface area contributed by atoms with Gasteiger partial charge < -0.3 is 4.90 Å². The van der Waals surface area contributed by atoms with Gasteiger partial charge in [0.15, 0.2) is 0 Å². The molecule has 1 atom stereocenters.